The van der Waals surface area contributed by atoms with E-state index < -0.39 is 99.5 Å². The van der Waals surface area contributed by atoms with Gasteiger partial charge in [-0.2, -0.15) is 0 Å². The molecule has 2 aliphatic heterocycles. The molecule has 0 amide bonds. The van der Waals surface area contributed by atoms with Crippen LogP contribution < -0.4 is 0 Å². The summed E-state index contributed by atoms with van der Waals surface area (Å²) in [5.74, 6) is 0. The SMILES string of the molecule is COC[C@@H](O)[C@@H](C[C@H](O)CO)OC1OC(CO)C(O)C(OC2OC(CO)C(O)C(O)C2O)C1O. The number of rotatable bonds is 12. The van der Waals surface area contributed by atoms with Crippen LogP contribution in [0.1, 0.15) is 6.42 Å². The first-order valence-corrected chi connectivity index (χ1v) is 10.8. The molecule has 0 bridgehead atoms. The Bertz CT molecular complexity index is 582. The van der Waals surface area contributed by atoms with Crippen molar-refractivity contribution in [3.05, 3.63) is 0 Å². The minimum absolute atomic E-state index is 0.234. The molecule has 15 nitrogen and oxygen atoms in total. The van der Waals surface area contributed by atoms with Crippen LogP contribution in [-0.4, -0.2) is 164 Å². The van der Waals surface area contributed by atoms with Crippen LogP contribution in [-0.2, 0) is 23.7 Å². The summed E-state index contributed by atoms with van der Waals surface area (Å²) in [7, 11) is 1.30. The zero-order valence-corrected chi connectivity index (χ0v) is 18.6. The molecule has 202 valence electrons. The van der Waals surface area contributed by atoms with Crippen molar-refractivity contribution in [1.29, 1.82) is 0 Å². The second-order valence-electron chi connectivity index (χ2n) is 8.27. The van der Waals surface area contributed by atoms with Gasteiger partial charge in [0.25, 0.3) is 0 Å². The van der Waals surface area contributed by atoms with E-state index in [1.54, 1.807) is 0 Å². The van der Waals surface area contributed by atoms with Gasteiger partial charge in [-0.3, -0.25) is 0 Å². The Morgan fingerprint density at radius 1 is 0.765 bits per heavy atom. The molecule has 0 radical (unpaired) electrons. The van der Waals surface area contributed by atoms with Crippen molar-refractivity contribution >= 4 is 0 Å². The predicted octanol–water partition coefficient (Wildman–Crippen LogP) is -6.25. The molecular formula is C19H36O15. The molecular weight excluding hydrogens is 468 g/mol. The van der Waals surface area contributed by atoms with E-state index in [1.807, 2.05) is 0 Å². The van der Waals surface area contributed by atoms with Crippen molar-refractivity contribution in [1.82, 2.24) is 0 Å². The highest BCUT2D eigenvalue weighted by atomic mass is 16.7. The zero-order chi connectivity index (χ0) is 25.6. The summed E-state index contributed by atoms with van der Waals surface area (Å²) >= 11 is 0. The number of methoxy groups -OCH3 is 1. The van der Waals surface area contributed by atoms with Crippen molar-refractivity contribution in [3.8, 4) is 0 Å². The number of hydrogen-bond donors (Lipinski definition) is 10. The number of hydrogen-bond acceptors (Lipinski definition) is 15. The Morgan fingerprint density at radius 2 is 1.35 bits per heavy atom. The minimum Gasteiger partial charge on any atom is -0.394 e. The molecule has 0 aromatic rings. The highest BCUT2D eigenvalue weighted by Gasteiger charge is 2.51. The van der Waals surface area contributed by atoms with Crippen LogP contribution in [0.3, 0.4) is 0 Å². The average molecular weight is 504 g/mol. The lowest BCUT2D eigenvalue weighted by Gasteiger charge is -2.46. The van der Waals surface area contributed by atoms with Crippen LogP contribution in [0.2, 0.25) is 0 Å². The van der Waals surface area contributed by atoms with Gasteiger partial charge in [0.2, 0.25) is 0 Å². The molecule has 2 aliphatic rings. The van der Waals surface area contributed by atoms with E-state index in [2.05, 4.69) is 0 Å². The fourth-order valence-corrected chi connectivity index (χ4v) is 3.76. The summed E-state index contributed by atoms with van der Waals surface area (Å²) < 4.78 is 26.5. The van der Waals surface area contributed by atoms with Crippen molar-refractivity contribution in [2.75, 3.05) is 33.5 Å². The van der Waals surface area contributed by atoms with Crippen LogP contribution in [0.15, 0.2) is 0 Å². The third kappa shape index (κ3) is 7.00. The fraction of sp³-hybridized carbons (Fsp3) is 1.00. The van der Waals surface area contributed by atoms with Gasteiger partial charge < -0.3 is 74.7 Å². The normalized spacial score (nSPS) is 41.7. The topological polar surface area (TPSA) is 248 Å². The Balaban J connectivity index is 2.21. The summed E-state index contributed by atoms with van der Waals surface area (Å²) in [6, 6.07) is 0. The van der Waals surface area contributed by atoms with Gasteiger partial charge in [-0.25, -0.2) is 0 Å². The lowest BCUT2D eigenvalue weighted by Crippen LogP contribution is -2.65. The Kier molecular flexibility index (Phi) is 11.9. The molecule has 13 atom stereocenters. The third-order valence-corrected chi connectivity index (χ3v) is 5.75. The molecule has 15 heteroatoms. The molecule has 0 aromatic carbocycles. The molecule has 2 fully saturated rings. The van der Waals surface area contributed by atoms with Gasteiger partial charge >= 0.3 is 0 Å². The van der Waals surface area contributed by atoms with Crippen LogP contribution in [0.4, 0.5) is 0 Å². The monoisotopic (exact) mass is 504 g/mol. The van der Waals surface area contributed by atoms with Gasteiger partial charge in [0.05, 0.1) is 38.6 Å². The molecule has 2 saturated heterocycles. The number of ether oxygens (including phenoxy) is 5. The molecule has 10 N–H and O–H groups in total. The first kappa shape index (κ1) is 29.6. The van der Waals surface area contributed by atoms with Crippen LogP contribution >= 0.6 is 0 Å². The van der Waals surface area contributed by atoms with E-state index in [-0.39, 0.29) is 13.0 Å². The summed E-state index contributed by atoms with van der Waals surface area (Å²) in [4.78, 5) is 0. The maximum absolute atomic E-state index is 10.8. The van der Waals surface area contributed by atoms with E-state index >= 15 is 0 Å². The third-order valence-electron chi connectivity index (χ3n) is 5.75. The highest BCUT2D eigenvalue weighted by Crippen LogP contribution is 2.30. The van der Waals surface area contributed by atoms with E-state index in [0.29, 0.717) is 0 Å². The Labute approximate surface area is 195 Å². The molecule has 0 aromatic heterocycles. The summed E-state index contributed by atoms with van der Waals surface area (Å²) in [5, 5.41) is 99.5. The van der Waals surface area contributed by atoms with Gasteiger partial charge in [0.1, 0.15) is 54.9 Å². The smallest absolute Gasteiger partial charge is 0.187 e. The quantitative estimate of drug-likeness (QED) is 0.119. The first-order valence-electron chi connectivity index (χ1n) is 10.8. The van der Waals surface area contributed by atoms with Gasteiger partial charge in [0, 0.05) is 13.5 Å². The molecule has 2 rings (SSSR count). The molecule has 34 heavy (non-hydrogen) atoms. The first-order chi connectivity index (χ1) is 16.1. The number of aliphatic hydroxyl groups is 10. The molecule has 0 aliphatic carbocycles. The van der Waals surface area contributed by atoms with E-state index in [0.717, 1.165) is 0 Å². The maximum atomic E-state index is 10.8. The molecule has 2 heterocycles. The summed E-state index contributed by atoms with van der Waals surface area (Å²) in [6.07, 6.45) is -20.6. The van der Waals surface area contributed by atoms with Crippen molar-refractivity contribution in [2.24, 2.45) is 0 Å². The fourth-order valence-electron chi connectivity index (χ4n) is 3.76. The second kappa shape index (κ2) is 13.6. The standard InChI is InChI=1S/C19H36O15/c1-30-6-8(24)9(2-7(23)3-20)31-19-16(29)17(13(26)11(5-22)33-19)34-18-15(28)14(27)12(25)10(4-21)32-18/h7-29H,2-6H2,1H3/t7-,8+,9+,10?,11?,12?,13?,14?,15?,16?,17?,18?,19?/m0/s1. The van der Waals surface area contributed by atoms with Crippen molar-refractivity contribution in [2.45, 2.75) is 86.1 Å². The largest absolute Gasteiger partial charge is 0.394 e. The summed E-state index contributed by atoms with van der Waals surface area (Å²) in [6.45, 7) is -2.37. The Hall–Kier alpha value is -0.600. The van der Waals surface area contributed by atoms with E-state index in [1.165, 1.54) is 7.11 Å². The van der Waals surface area contributed by atoms with Gasteiger partial charge in [0.15, 0.2) is 12.6 Å². The maximum Gasteiger partial charge on any atom is 0.187 e. The predicted molar refractivity (Wildman–Crippen MR) is 107 cm³/mol. The molecule has 10 unspecified atom stereocenters. The average Bonchev–Trinajstić information content (AvgIpc) is 2.82. The van der Waals surface area contributed by atoms with Crippen molar-refractivity contribution in [3.63, 3.8) is 0 Å². The van der Waals surface area contributed by atoms with E-state index in [9.17, 15) is 46.0 Å². The van der Waals surface area contributed by atoms with Gasteiger partial charge in [-0.15, -0.1) is 0 Å². The van der Waals surface area contributed by atoms with E-state index in [4.69, 9.17) is 28.8 Å². The number of aliphatic hydroxyl groups excluding tert-OH is 10. The van der Waals surface area contributed by atoms with Crippen molar-refractivity contribution < 1.29 is 74.7 Å². The van der Waals surface area contributed by atoms with Gasteiger partial charge in [-0.05, 0) is 0 Å². The highest BCUT2D eigenvalue weighted by molar-refractivity contribution is 4.94. The van der Waals surface area contributed by atoms with Crippen LogP contribution in [0.5, 0.6) is 0 Å². The minimum atomic E-state index is -1.83. The Morgan fingerprint density at radius 3 is 1.91 bits per heavy atom. The van der Waals surface area contributed by atoms with Crippen LogP contribution in [0, 0.1) is 0 Å². The van der Waals surface area contributed by atoms with Gasteiger partial charge in [-0.1, -0.05) is 0 Å². The van der Waals surface area contributed by atoms with Crippen LogP contribution in [0.25, 0.3) is 0 Å². The lowest BCUT2D eigenvalue weighted by molar-refractivity contribution is -0.366. The molecule has 0 spiro atoms. The second-order valence-corrected chi connectivity index (χ2v) is 8.27. The summed E-state index contributed by atoms with van der Waals surface area (Å²) in [5.41, 5.74) is 0. The zero-order valence-electron chi connectivity index (χ0n) is 18.6. The lowest BCUT2D eigenvalue weighted by atomic mass is 9.96. The molecule has 0 saturated carbocycles.